The van der Waals surface area contributed by atoms with Gasteiger partial charge < -0.3 is 0 Å². The molecule has 4 aromatic rings. The SMILES string of the molecule is Cc1ccc(CSc2cc(C(C)(C)C)nc3c(-c4ccccc4)c(C)nn23)cc1. The van der Waals surface area contributed by atoms with E-state index in [1.54, 1.807) is 0 Å². The Labute approximate surface area is 177 Å². The van der Waals surface area contributed by atoms with Crippen LogP contribution in [0.25, 0.3) is 16.8 Å². The molecule has 0 saturated carbocycles. The Bertz CT molecular complexity index is 1140. The molecule has 0 aliphatic heterocycles. The van der Waals surface area contributed by atoms with Gasteiger partial charge in [0.05, 0.1) is 11.4 Å². The van der Waals surface area contributed by atoms with Crippen molar-refractivity contribution in [1.29, 1.82) is 0 Å². The number of thioether (sulfide) groups is 1. The van der Waals surface area contributed by atoms with Gasteiger partial charge in [0.2, 0.25) is 0 Å². The maximum atomic E-state index is 5.06. The van der Waals surface area contributed by atoms with Crippen LogP contribution in [0.4, 0.5) is 0 Å². The summed E-state index contributed by atoms with van der Waals surface area (Å²) in [7, 11) is 0. The molecule has 0 unspecified atom stereocenters. The lowest BCUT2D eigenvalue weighted by Crippen LogP contribution is -2.15. The van der Waals surface area contributed by atoms with Crippen molar-refractivity contribution in [1.82, 2.24) is 14.6 Å². The fraction of sp³-hybridized carbons (Fsp3) is 0.280. The molecule has 0 bridgehead atoms. The number of aryl methyl sites for hydroxylation is 2. The summed E-state index contributed by atoms with van der Waals surface area (Å²) < 4.78 is 2.02. The van der Waals surface area contributed by atoms with E-state index in [2.05, 4.69) is 89.2 Å². The molecule has 0 N–H and O–H groups in total. The van der Waals surface area contributed by atoms with Crippen LogP contribution < -0.4 is 0 Å². The summed E-state index contributed by atoms with van der Waals surface area (Å²) in [6.07, 6.45) is 0. The third-order valence-electron chi connectivity index (χ3n) is 5.07. The highest BCUT2D eigenvalue weighted by Crippen LogP contribution is 2.34. The first-order valence-electron chi connectivity index (χ1n) is 9.97. The van der Waals surface area contributed by atoms with Gasteiger partial charge in [-0.15, -0.1) is 11.8 Å². The first-order valence-corrected chi connectivity index (χ1v) is 11.0. The van der Waals surface area contributed by atoms with Crippen molar-refractivity contribution < 1.29 is 0 Å². The molecular weight excluding hydrogens is 374 g/mol. The van der Waals surface area contributed by atoms with Crippen LogP contribution in [0.15, 0.2) is 65.7 Å². The van der Waals surface area contributed by atoms with Gasteiger partial charge in [0.1, 0.15) is 5.03 Å². The van der Waals surface area contributed by atoms with Gasteiger partial charge in [0.25, 0.3) is 0 Å². The highest BCUT2D eigenvalue weighted by Gasteiger charge is 2.22. The van der Waals surface area contributed by atoms with Gasteiger partial charge in [-0.1, -0.05) is 80.9 Å². The standard InChI is InChI=1S/C25H27N3S/c1-17-11-13-19(14-12-17)16-29-22-15-21(25(3,4)5)26-24-23(18(2)27-28(22)24)20-9-7-6-8-10-20/h6-15H,16H2,1-5H3. The minimum atomic E-state index is -0.0347. The van der Waals surface area contributed by atoms with E-state index in [-0.39, 0.29) is 5.41 Å². The van der Waals surface area contributed by atoms with Crippen molar-refractivity contribution in [2.45, 2.75) is 50.8 Å². The zero-order valence-electron chi connectivity index (χ0n) is 17.7. The maximum Gasteiger partial charge on any atom is 0.164 e. The molecular formula is C25H27N3S. The normalized spacial score (nSPS) is 11.9. The van der Waals surface area contributed by atoms with E-state index in [1.807, 2.05) is 22.3 Å². The van der Waals surface area contributed by atoms with Crippen LogP contribution in [-0.2, 0) is 11.2 Å². The van der Waals surface area contributed by atoms with Crippen LogP contribution in [0, 0.1) is 13.8 Å². The van der Waals surface area contributed by atoms with Crippen molar-refractivity contribution in [3.8, 4) is 11.1 Å². The van der Waals surface area contributed by atoms with Crippen molar-refractivity contribution in [3.63, 3.8) is 0 Å². The van der Waals surface area contributed by atoms with Crippen LogP contribution in [0.1, 0.15) is 43.3 Å². The lowest BCUT2D eigenvalue weighted by atomic mass is 9.92. The van der Waals surface area contributed by atoms with E-state index >= 15 is 0 Å². The number of nitrogens with zero attached hydrogens (tertiary/aromatic N) is 3. The average molecular weight is 402 g/mol. The molecule has 29 heavy (non-hydrogen) atoms. The second-order valence-electron chi connectivity index (χ2n) is 8.57. The van der Waals surface area contributed by atoms with E-state index in [9.17, 15) is 0 Å². The molecule has 0 spiro atoms. The van der Waals surface area contributed by atoms with E-state index in [0.29, 0.717) is 0 Å². The summed E-state index contributed by atoms with van der Waals surface area (Å²) in [5.74, 6) is 0.905. The molecule has 2 heterocycles. The number of benzene rings is 2. The summed E-state index contributed by atoms with van der Waals surface area (Å²) in [6.45, 7) is 10.8. The Balaban J connectivity index is 1.83. The smallest absolute Gasteiger partial charge is 0.164 e. The van der Waals surface area contributed by atoms with Crippen molar-refractivity contribution in [3.05, 3.63) is 83.2 Å². The number of hydrogen-bond donors (Lipinski definition) is 0. The number of hydrogen-bond acceptors (Lipinski definition) is 3. The maximum absolute atomic E-state index is 5.06. The first-order chi connectivity index (χ1) is 13.8. The summed E-state index contributed by atoms with van der Waals surface area (Å²) in [5, 5.41) is 6.00. The zero-order chi connectivity index (χ0) is 20.6. The number of fused-ring (bicyclic) bond motifs is 1. The van der Waals surface area contributed by atoms with Gasteiger partial charge in [0, 0.05) is 16.7 Å². The summed E-state index contributed by atoms with van der Waals surface area (Å²) in [6, 6.07) is 21.4. The Morgan fingerprint density at radius 2 is 1.62 bits per heavy atom. The van der Waals surface area contributed by atoms with E-state index < -0.39 is 0 Å². The molecule has 0 aliphatic carbocycles. The molecule has 0 radical (unpaired) electrons. The highest BCUT2D eigenvalue weighted by molar-refractivity contribution is 7.98. The topological polar surface area (TPSA) is 30.2 Å². The fourth-order valence-corrected chi connectivity index (χ4v) is 4.32. The Morgan fingerprint density at radius 3 is 2.28 bits per heavy atom. The Morgan fingerprint density at radius 1 is 0.931 bits per heavy atom. The fourth-order valence-electron chi connectivity index (χ4n) is 3.37. The van der Waals surface area contributed by atoms with E-state index in [1.165, 1.54) is 11.1 Å². The van der Waals surface area contributed by atoms with Gasteiger partial charge in [-0.25, -0.2) is 9.50 Å². The van der Waals surface area contributed by atoms with Gasteiger partial charge in [-0.05, 0) is 31.0 Å². The highest BCUT2D eigenvalue weighted by atomic mass is 32.2. The second-order valence-corrected chi connectivity index (χ2v) is 9.56. The molecule has 2 aromatic carbocycles. The molecule has 4 heteroatoms. The quantitative estimate of drug-likeness (QED) is 0.285. The van der Waals surface area contributed by atoms with E-state index in [4.69, 9.17) is 10.1 Å². The third kappa shape index (κ3) is 4.08. The predicted molar refractivity (Wildman–Crippen MR) is 123 cm³/mol. The second kappa shape index (κ2) is 7.68. The molecule has 0 atom stereocenters. The van der Waals surface area contributed by atoms with Crippen LogP contribution in [-0.4, -0.2) is 14.6 Å². The molecule has 0 aliphatic rings. The minimum absolute atomic E-state index is 0.0347. The van der Waals surface area contributed by atoms with Gasteiger partial charge in [-0.2, -0.15) is 5.10 Å². The molecule has 0 fully saturated rings. The van der Waals surface area contributed by atoms with Gasteiger partial charge in [0.15, 0.2) is 5.65 Å². The zero-order valence-corrected chi connectivity index (χ0v) is 18.5. The Kier molecular flexibility index (Phi) is 5.22. The largest absolute Gasteiger partial charge is 0.232 e. The van der Waals surface area contributed by atoms with Crippen LogP contribution >= 0.6 is 11.8 Å². The number of aromatic nitrogens is 3. The lowest BCUT2D eigenvalue weighted by molar-refractivity contribution is 0.563. The first kappa shape index (κ1) is 19.7. The third-order valence-corrected chi connectivity index (χ3v) is 6.13. The van der Waals surface area contributed by atoms with Crippen LogP contribution in [0.3, 0.4) is 0 Å². The number of rotatable bonds is 4. The van der Waals surface area contributed by atoms with Crippen molar-refractivity contribution in [2.75, 3.05) is 0 Å². The van der Waals surface area contributed by atoms with E-state index in [0.717, 1.165) is 38.9 Å². The van der Waals surface area contributed by atoms with Crippen LogP contribution in [0.5, 0.6) is 0 Å². The average Bonchev–Trinajstić information content (AvgIpc) is 3.03. The molecule has 0 saturated heterocycles. The minimum Gasteiger partial charge on any atom is -0.232 e. The van der Waals surface area contributed by atoms with Crippen molar-refractivity contribution in [2.24, 2.45) is 0 Å². The molecule has 4 rings (SSSR count). The molecule has 2 aromatic heterocycles. The summed E-state index contributed by atoms with van der Waals surface area (Å²) in [5.41, 5.74) is 7.88. The summed E-state index contributed by atoms with van der Waals surface area (Å²) >= 11 is 1.82. The summed E-state index contributed by atoms with van der Waals surface area (Å²) in [4.78, 5) is 5.06. The predicted octanol–water partition coefficient (Wildman–Crippen LogP) is 6.60. The van der Waals surface area contributed by atoms with Crippen molar-refractivity contribution >= 4 is 17.4 Å². The van der Waals surface area contributed by atoms with Crippen LogP contribution in [0.2, 0.25) is 0 Å². The lowest BCUT2D eigenvalue weighted by Gasteiger charge is -2.19. The molecule has 0 amide bonds. The van der Waals surface area contributed by atoms with Gasteiger partial charge in [-0.3, -0.25) is 0 Å². The molecule has 148 valence electrons. The van der Waals surface area contributed by atoms with Gasteiger partial charge >= 0.3 is 0 Å². The monoisotopic (exact) mass is 401 g/mol. The molecule has 3 nitrogen and oxygen atoms in total. The Hall–Kier alpha value is -2.59.